The van der Waals surface area contributed by atoms with Crippen molar-refractivity contribution in [3.05, 3.63) is 47.4 Å². The van der Waals surface area contributed by atoms with Crippen molar-refractivity contribution in [3.63, 3.8) is 0 Å². The number of carbonyl (C=O) groups is 1. The van der Waals surface area contributed by atoms with Crippen molar-refractivity contribution >= 4 is 11.7 Å². The Morgan fingerprint density at radius 1 is 1.44 bits per heavy atom. The number of nitrogens with one attached hydrogen (secondary N) is 1. The molecule has 0 saturated heterocycles. The lowest BCUT2D eigenvalue weighted by Gasteiger charge is -2.05. The molecule has 18 heavy (non-hydrogen) atoms. The molecule has 0 aliphatic heterocycles. The maximum Gasteiger partial charge on any atom is 0.259 e. The van der Waals surface area contributed by atoms with Crippen LogP contribution in [0.4, 0.5) is 10.2 Å². The van der Waals surface area contributed by atoms with E-state index < -0.39 is 11.7 Å². The summed E-state index contributed by atoms with van der Waals surface area (Å²) < 4.78 is 15.4. The topological polar surface area (TPSA) is 46.9 Å². The molecule has 0 saturated carbocycles. The Labute approximate surface area is 104 Å². The zero-order valence-electron chi connectivity index (χ0n) is 10.3. The summed E-state index contributed by atoms with van der Waals surface area (Å²) in [7, 11) is 0. The van der Waals surface area contributed by atoms with Gasteiger partial charge in [-0.25, -0.2) is 4.39 Å². The van der Waals surface area contributed by atoms with Crippen LogP contribution in [0.25, 0.3) is 0 Å². The number of amides is 1. The first-order valence-electron chi connectivity index (χ1n) is 5.71. The van der Waals surface area contributed by atoms with Gasteiger partial charge in [0.15, 0.2) is 5.82 Å². The van der Waals surface area contributed by atoms with E-state index in [1.165, 1.54) is 6.07 Å². The van der Waals surface area contributed by atoms with Gasteiger partial charge in [-0.3, -0.25) is 9.48 Å². The lowest BCUT2D eigenvalue weighted by Crippen LogP contribution is -2.15. The van der Waals surface area contributed by atoms with Crippen LogP contribution in [0.15, 0.2) is 30.5 Å². The van der Waals surface area contributed by atoms with Crippen LogP contribution in [-0.4, -0.2) is 15.7 Å². The van der Waals surface area contributed by atoms with Crippen LogP contribution < -0.4 is 5.32 Å². The summed E-state index contributed by atoms with van der Waals surface area (Å²) in [5.41, 5.74) is 0.475. The van der Waals surface area contributed by atoms with Gasteiger partial charge in [-0.15, -0.1) is 0 Å². The molecular formula is C13H14FN3O. The lowest BCUT2D eigenvalue weighted by atomic mass is 10.1. The molecule has 1 aromatic heterocycles. The van der Waals surface area contributed by atoms with E-state index in [-0.39, 0.29) is 5.56 Å². The Balaban J connectivity index is 2.19. The zero-order valence-corrected chi connectivity index (χ0v) is 10.3. The Hall–Kier alpha value is -2.17. The lowest BCUT2D eigenvalue weighted by molar-refractivity contribution is 0.102. The van der Waals surface area contributed by atoms with Crippen molar-refractivity contribution in [2.45, 2.75) is 20.4 Å². The highest BCUT2D eigenvalue weighted by Gasteiger charge is 2.14. The first-order chi connectivity index (χ1) is 8.61. The van der Waals surface area contributed by atoms with Crippen molar-refractivity contribution in [3.8, 4) is 0 Å². The number of aromatic nitrogens is 2. The van der Waals surface area contributed by atoms with Crippen molar-refractivity contribution in [1.29, 1.82) is 0 Å². The number of hydrogen-bond donors (Lipinski definition) is 1. The maximum absolute atomic E-state index is 13.7. The molecule has 2 rings (SSSR count). The van der Waals surface area contributed by atoms with E-state index in [0.29, 0.717) is 17.9 Å². The van der Waals surface area contributed by atoms with Gasteiger partial charge in [0.05, 0.1) is 5.56 Å². The summed E-state index contributed by atoms with van der Waals surface area (Å²) in [5, 5.41) is 6.68. The largest absolute Gasteiger partial charge is 0.305 e. The number of halogens is 1. The summed E-state index contributed by atoms with van der Waals surface area (Å²) in [6.45, 7) is 4.28. The first-order valence-corrected chi connectivity index (χ1v) is 5.71. The molecular weight excluding hydrogens is 233 g/mol. The minimum absolute atomic E-state index is 0.0287. The van der Waals surface area contributed by atoms with Crippen LogP contribution in [-0.2, 0) is 6.54 Å². The number of hydrogen-bond acceptors (Lipinski definition) is 2. The maximum atomic E-state index is 13.7. The van der Waals surface area contributed by atoms with E-state index in [1.54, 1.807) is 36.0 Å². The molecule has 0 spiro atoms. The minimum Gasteiger partial charge on any atom is -0.305 e. The number of aryl methyl sites for hydroxylation is 2. The second kappa shape index (κ2) is 5.00. The number of anilines is 1. The van der Waals surface area contributed by atoms with Gasteiger partial charge in [0.2, 0.25) is 0 Å². The smallest absolute Gasteiger partial charge is 0.259 e. The number of carbonyl (C=O) groups excluding carboxylic acids is 1. The molecule has 94 valence electrons. The summed E-state index contributed by atoms with van der Waals surface area (Å²) in [4.78, 5) is 11.9. The van der Waals surface area contributed by atoms with E-state index >= 15 is 0 Å². The fourth-order valence-electron chi connectivity index (χ4n) is 1.61. The second-order valence-corrected chi connectivity index (χ2v) is 3.95. The van der Waals surface area contributed by atoms with Crippen LogP contribution >= 0.6 is 0 Å². The van der Waals surface area contributed by atoms with Gasteiger partial charge in [-0.1, -0.05) is 12.1 Å². The van der Waals surface area contributed by atoms with Crippen LogP contribution in [0.5, 0.6) is 0 Å². The average Bonchev–Trinajstić information content (AvgIpc) is 2.80. The Morgan fingerprint density at radius 3 is 2.89 bits per heavy atom. The highest BCUT2D eigenvalue weighted by atomic mass is 19.1. The number of rotatable bonds is 3. The van der Waals surface area contributed by atoms with E-state index in [0.717, 1.165) is 0 Å². The predicted molar refractivity (Wildman–Crippen MR) is 67.0 cm³/mol. The van der Waals surface area contributed by atoms with E-state index in [4.69, 9.17) is 0 Å². The molecule has 0 atom stereocenters. The molecule has 4 nitrogen and oxygen atoms in total. The third-order valence-electron chi connectivity index (χ3n) is 2.64. The molecule has 1 N–H and O–H groups in total. The molecule has 0 unspecified atom stereocenters. The molecule has 5 heteroatoms. The molecule has 0 aliphatic rings. The Kier molecular flexibility index (Phi) is 3.41. The summed E-state index contributed by atoms with van der Waals surface area (Å²) >= 11 is 0. The van der Waals surface area contributed by atoms with Gasteiger partial charge in [-0.2, -0.15) is 5.10 Å². The second-order valence-electron chi connectivity index (χ2n) is 3.95. The monoisotopic (exact) mass is 247 g/mol. The Morgan fingerprint density at radius 2 is 2.22 bits per heavy atom. The summed E-state index contributed by atoms with van der Waals surface area (Å²) in [6, 6.07) is 6.40. The minimum atomic E-state index is -0.495. The van der Waals surface area contributed by atoms with Gasteiger partial charge in [0, 0.05) is 18.8 Å². The molecule has 0 radical (unpaired) electrons. The molecule has 0 aliphatic carbocycles. The highest BCUT2D eigenvalue weighted by molar-refractivity contribution is 6.04. The molecule has 1 heterocycles. The van der Waals surface area contributed by atoms with Crippen LogP contribution in [0.2, 0.25) is 0 Å². The highest BCUT2D eigenvalue weighted by Crippen LogP contribution is 2.13. The van der Waals surface area contributed by atoms with E-state index in [9.17, 15) is 9.18 Å². The first kappa shape index (κ1) is 12.3. The van der Waals surface area contributed by atoms with Crippen molar-refractivity contribution in [2.75, 3.05) is 5.32 Å². The SMILES string of the molecule is CCn1ccc(NC(=O)c2cccc(C)c2F)n1. The van der Waals surface area contributed by atoms with Crippen molar-refractivity contribution in [1.82, 2.24) is 9.78 Å². The molecule has 1 aromatic carbocycles. The standard InChI is InChI=1S/C13H14FN3O/c1-3-17-8-7-11(16-17)15-13(18)10-6-4-5-9(2)12(10)14/h4-8H,3H2,1-2H3,(H,15,16,18). The van der Waals surface area contributed by atoms with Crippen molar-refractivity contribution < 1.29 is 9.18 Å². The number of nitrogens with zero attached hydrogens (tertiary/aromatic N) is 2. The third-order valence-corrected chi connectivity index (χ3v) is 2.64. The van der Waals surface area contributed by atoms with Gasteiger partial charge < -0.3 is 5.32 Å². The predicted octanol–water partition coefficient (Wildman–Crippen LogP) is 2.60. The van der Waals surface area contributed by atoms with Crippen LogP contribution in [0, 0.1) is 12.7 Å². The number of benzene rings is 1. The molecule has 2 aromatic rings. The van der Waals surface area contributed by atoms with Gasteiger partial charge >= 0.3 is 0 Å². The normalized spacial score (nSPS) is 10.4. The van der Waals surface area contributed by atoms with Gasteiger partial charge in [0.1, 0.15) is 5.82 Å². The fraction of sp³-hybridized carbons (Fsp3) is 0.231. The zero-order chi connectivity index (χ0) is 13.1. The average molecular weight is 247 g/mol. The van der Waals surface area contributed by atoms with Crippen molar-refractivity contribution in [2.24, 2.45) is 0 Å². The van der Waals surface area contributed by atoms with E-state index in [2.05, 4.69) is 10.4 Å². The Bertz CT molecular complexity index is 577. The van der Waals surface area contributed by atoms with Gasteiger partial charge in [-0.05, 0) is 25.5 Å². The summed E-state index contributed by atoms with van der Waals surface area (Å²) in [5.74, 6) is -0.565. The quantitative estimate of drug-likeness (QED) is 0.906. The van der Waals surface area contributed by atoms with Gasteiger partial charge in [0.25, 0.3) is 5.91 Å². The third kappa shape index (κ3) is 2.40. The molecule has 0 bridgehead atoms. The molecule has 1 amide bonds. The fourth-order valence-corrected chi connectivity index (χ4v) is 1.61. The van der Waals surface area contributed by atoms with Crippen LogP contribution in [0.1, 0.15) is 22.8 Å². The molecule has 0 fully saturated rings. The van der Waals surface area contributed by atoms with E-state index in [1.807, 2.05) is 6.92 Å². The summed E-state index contributed by atoms with van der Waals surface area (Å²) in [6.07, 6.45) is 1.75. The van der Waals surface area contributed by atoms with Crippen LogP contribution in [0.3, 0.4) is 0 Å².